The average molecular weight is 372 g/mol. The maximum atomic E-state index is 12.7. The van der Waals surface area contributed by atoms with Gasteiger partial charge < -0.3 is 14.3 Å². The molecule has 0 bridgehead atoms. The molecule has 2 aromatic rings. The Morgan fingerprint density at radius 3 is 2.85 bits per heavy atom. The van der Waals surface area contributed by atoms with Crippen LogP contribution >= 0.6 is 0 Å². The topological polar surface area (TPSA) is 92.7 Å². The highest BCUT2D eigenvalue weighted by Crippen LogP contribution is 2.32. The molecule has 27 heavy (non-hydrogen) atoms. The molecule has 0 aliphatic carbocycles. The highest BCUT2D eigenvalue weighted by Gasteiger charge is 2.26. The smallest absolute Gasteiger partial charge is 0.293 e. The van der Waals surface area contributed by atoms with Crippen LogP contribution in [0.2, 0.25) is 0 Å². The van der Waals surface area contributed by atoms with Gasteiger partial charge in [-0.1, -0.05) is 12.1 Å². The molecule has 3 rings (SSSR count). The summed E-state index contributed by atoms with van der Waals surface area (Å²) in [4.78, 5) is 27.4. The van der Waals surface area contributed by atoms with E-state index < -0.39 is 4.92 Å². The second-order valence-electron chi connectivity index (χ2n) is 7.24. The summed E-state index contributed by atoms with van der Waals surface area (Å²) in [5, 5.41) is 15.5. The average Bonchev–Trinajstić information content (AvgIpc) is 3.05. The van der Waals surface area contributed by atoms with Gasteiger partial charge >= 0.3 is 0 Å². The van der Waals surface area contributed by atoms with Crippen molar-refractivity contribution >= 4 is 17.3 Å². The molecule has 1 aromatic heterocycles. The van der Waals surface area contributed by atoms with Crippen LogP contribution in [0.4, 0.5) is 11.4 Å². The number of rotatable bonds is 5. The number of nitro groups is 1. The van der Waals surface area contributed by atoms with E-state index in [0.717, 1.165) is 25.9 Å². The minimum atomic E-state index is -0.410. The summed E-state index contributed by atoms with van der Waals surface area (Å²) < 4.78 is 5.01. The molecule has 0 saturated carbocycles. The van der Waals surface area contributed by atoms with Crippen molar-refractivity contribution in [1.82, 2.24) is 10.1 Å². The number of amides is 1. The Morgan fingerprint density at radius 2 is 2.22 bits per heavy atom. The zero-order valence-electron chi connectivity index (χ0n) is 15.8. The molecule has 2 heterocycles. The number of carbonyl (C=O) groups is 1. The first kappa shape index (κ1) is 18.9. The van der Waals surface area contributed by atoms with Gasteiger partial charge in [0.2, 0.25) is 0 Å². The highest BCUT2D eigenvalue weighted by atomic mass is 16.6. The molecule has 144 valence electrons. The quantitative estimate of drug-likeness (QED) is 0.590. The lowest BCUT2D eigenvalue weighted by atomic mass is 9.99. The first-order chi connectivity index (χ1) is 12.8. The number of benzene rings is 1. The van der Waals surface area contributed by atoms with Crippen molar-refractivity contribution in [2.45, 2.75) is 33.2 Å². The van der Waals surface area contributed by atoms with Crippen LogP contribution in [0.1, 0.15) is 41.6 Å². The Kier molecular flexibility index (Phi) is 5.43. The summed E-state index contributed by atoms with van der Waals surface area (Å²) in [7, 11) is 1.64. The zero-order chi connectivity index (χ0) is 19.6. The molecule has 1 aromatic carbocycles. The SMILES string of the molecule is Cc1cc(CN(C)C(=O)c2ccc(N3CCCC(C)C3)c([N+](=O)[O-])c2)no1. The molecule has 8 heteroatoms. The minimum absolute atomic E-state index is 0.0272. The molecule has 1 aliphatic rings. The summed E-state index contributed by atoms with van der Waals surface area (Å²) in [6.07, 6.45) is 2.14. The monoisotopic (exact) mass is 372 g/mol. The normalized spacial score (nSPS) is 17.0. The highest BCUT2D eigenvalue weighted by molar-refractivity contribution is 5.95. The van der Waals surface area contributed by atoms with Gasteiger partial charge in [-0.05, 0) is 37.8 Å². The van der Waals surface area contributed by atoms with E-state index in [1.165, 1.54) is 11.0 Å². The van der Waals surface area contributed by atoms with E-state index in [9.17, 15) is 14.9 Å². The van der Waals surface area contributed by atoms with Gasteiger partial charge in [0.25, 0.3) is 11.6 Å². The molecule has 1 unspecified atom stereocenters. The van der Waals surface area contributed by atoms with Crippen LogP contribution in [-0.2, 0) is 6.54 Å². The van der Waals surface area contributed by atoms with Crippen molar-refractivity contribution in [3.8, 4) is 0 Å². The van der Waals surface area contributed by atoms with Crippen LogP contribution in [0.25, 0.3) is 0 Å². The lowest BCUT2D eigenvalue weighted by Gasteiger charge is -2.32. The second-order valence-corrected chi connectivity index (χ2v) is 7.24. The predicted molar refractivity (Wildman–Crippen MR) is 101 cm³/mol. The van der Waals surface area contributed by atoms with Gasteiger partial charge in [0.15, 0.2) is 0 Å². The van der Waals surface area contributed by atoms with E-state index >= 15 is 0 Å². The van der Waals surface area contributed by atoms with E-state index in [0.29, 0.717) is 28.6 Å². The van der Waals surface area contributed by atoms with Crippen LogP contribution in [0, 0.1) is 23.0 Å². The molecule has 0 spiro atoms. The van der Waals surface area contributed by atoms with Gasteiger partial charge in [0.05, 0.1) is 11.5 Å². The Balaban J connectivity index is 1.82. The number of aromatic nitrogens is 1. The maximum absolute atomic E-state index is 12.7. The van der Waals surface area contributed by atoms with Crippen molar-refractivity contribution in [1.29, 1.82) is 0 Å². The van der Waals surface area contributed by atoms with E-state index in [1.807, 2.05) is 4.90 Å². The molecular formula is C19H24N4O4. The van der Waals surface area contributed by atoms with Gasteiger partial charge in [0.1, 0.15) is 17.1 Å². The number of anilines is 1. The Hall–Kier alpha value is -2.90. The molecule has 1 atom stereocenters. The number of hydrogen-bond acceptors (Lipinski definition) is 6. The largest absolute Gasteiger partial charge is 0.366 e. The van der Waals surface area contributed by atoms with Crippen LogP contribution in [0.3, 0.4) is 0 Å². The maximum Gasteiger partial charge on any atom is 0.293 e. The third kappa shape index (κ3) is 4.27. The molecule has 1 saturated heterocycles. The van der Waals surface area contributed by atoms with Crippen molar-refractivity contribution in [2.75, 3.05) is 25.0 Å². The summed E-state index contributed by atoms with van der Waals surface area (Å²) in [6, 6.07) is 6.49. The standard InChI is InChI=1S/C19H24N4O4/c1-13-5-4-8-22(11-13)17-7-6-15(10-18(17)23(25)26)19(24)21(3)12-16-9-14(2)27-20-16/h6-7,9-10,13H,4-5,8,11-12H2,1-3H3. The molecule has 0 radical (unpaired) electrons. The summed E-state index contributed by atoms with van der Waals surface area (Å²) >= 11 is 0. The van der Waals surface area contributed by atoms with Crippen LogP contribution in [-0.4, -0.2) is 41.0 Å². The van der Waals surface area contributed by atoms with Crippen LogP contribution < -0.4 is 4.90 Å². The van der Waals surface area contributed by atoms with E-state index in [1.54, 1.807) is 32.2 Å². The third-order valence-corrected chi connectivity index (χ3v) is 4.84. The molecule has 1 amide bonds. The molecule has 0 N–H and O–H groups in total. The lowest BCUT2D eigenvalue weighted by molar-refractivity contribution is -0.384. The van der Waals surface area contributed by atoms with Gasteiger partial charge in [-0.2, -0.15) is 0 Å². The van der Waals surface area contributed by atoms with Gasteiger partial charge in [-0.3, -0.25) is 14.9 Å². The van der Waals surface area contributed by atoms with Gasteiger partial charge in [-0.15, -0.1) is 0 Å². The van der Waals surface area contributed by atoms with E-state index in [-0.39, 0.29) is 18.1 Å². The number of aryl methyl sites for hydroxylation is 1. The fourth-order valence-corrected chi connectivity index (χ4v) is 3.51. The lowest BCUT2D eigenvalue weighted by Crippen LogP contribution is -2.34. The predicted octanol–water partition coefficient (Wildman–Crippen LogP) is 3.40. The fourth-order valence-electron chi connectivity index (χ4n) is 3.51. The Morgan fingerprint density at radius 1 is 1.44 bits per heavy atom. The first-order valence-corrected chi connectivity index (χ1v) is 9.06. The minimum Gasteiger partial charge on any atom is -0.366 e. The second kappa shape index (κ2) is 7.77. The van der Waals surface area contributed by atoms with Crippen molar-refractivity contribution in [3.63, 3.8) is 0 Å². The Bertz CT molecular complexity index is 848. The van der Waals surface area contributed by atoms with E-state index in [4.69, 9.17) is 4.52 Å². The van der Waals surface area contributed by atoms with Gasteiger partial charge in [-0.25, -0.2) is 0 Å². The Labute approximate surface area is 157 Å². The summed E-state index contributed by atoms with van der Waals surface area (Å²) in [6.45, 7) is 5.79. The number of nitro benzene ring substituents is 1. The molecule has 1 fully saturated rings. The van der Waals surface area contributed by atoms with E-state index in [2.05, 4.69) is 12.1 Å². The summed E-state index contributed by atoms with van der Waals surface area (Å²) in [5.74, 6) is 0.871. The fraction of sp³-hybridized carbons (Fsp3) is 0.474. The first-order valence-electron chi connectivity index (χ1n) is 9.06. The van der Waals surface area contributed by atoms with Crippen molar-refractivity contribution in [3.05, 3.63) is 51.4 Å². The molecule has 1 aliphatic heterocycles. The molecular weight excluding hydrogens is 348 g/mol. The third-order valence-electron chi connectivity index (χ3n) is 4.84. The zero-order valence-corrected chi connectivity index (χ0v) is 15.8. The van der Waals surface area contributed by atoms with Crippen molar-refractivity contribution in [2.24, 2.45) is 5.92 Å². The van der Waals surface area contributed by atoms with Crippen LogP contribution in [0.5, 0.6) is 0 Å². The molecule has 8 nitrogen and oxygen atoms in total. The van der Waals surface area contributed by atoms with Crippen LogP contribution in [0.15, 0.2) is 28.8 Å². The number of hydrogen-bond donors (Lipinski definition) is 0. The summed E-state index contributed by atoms with van der Waals surface area (Å²) in [5.41, 5.74) is 1.48. The van der Waals surface area contributed by atoms with Crippen molar-refractivity contribution < 1.29 is 14.2 Å². The number of carbonyl (C=O) groups excluding carboxylic acids is 1. The number of nitrogens with zero attached hydrogens (tertiary/aromatic N) is 4. The van der Waals surface area contributed by atoms with Gasteiger partial charge in [0, 0.05) is 37.8 Å². The number of piperidine rings is 1.